The molecule has 2 aromatic carbocycles. The molecule has 0 atom stereocenters. The molecule has 0 saturated carbocycles. The van der Waals surface area contributed by atoms with Gasteiger partial charge in [-0.05, 0) is 35.9 Å². The molecule has 0 aliphatic rings. The van der Waals surface area contributed by atoms with Crippen LogP contribution >= 0.6 is 11.6 Å². The Kier molecular flexibility index (Phi) is 4.44. The average Bonchev–Trinajstić information content (AvgIpc) is 2.88. The minimum absolute atomic E-state index is 0.293. The lowest BCUT2D eigenvalue weighted by Crippen LogP contribution is -2.12. The SMILES string of the molecule is COC(=O)c1c(OC)c2cc(Cl)ccc2n1Cc1ccc(F)cc1. The molecule has 0 N–H and O–H groups in total. The minimum Gasteiger partial charge on any atom is -0.494 e. The second kappa shape index (κ2) is 6.53. The van der Waals surface area contributed by atoms with E-state index in [1.807, 2.05) is 6.07 Å². The Labute approximate surface area is 143 Å². The molecule has 24 heavy (non-hydrogen) atoms. The second-order valence-corrected chi connectivity index (χ2v) is 5.68. The van der Waals surface area contributed by atoms with E-state index in [9.17, 15) is 9.18 Å². The summed E-state index contributed by atoms with van der Waals surface area (Å²) >= 11 is 6.08. The van der Waals surface area contributed by atoms with Crippen LogP contribution in [-0.2, 0) is 11.3 Å². The molecule has 6 heteroatoms. The molecule has 1 aromatic heterocycles. The van der Waals surface area contributed by atoms with Gasteiger partial charge in [0.1, 0.15) is 5.82 Å². The molecule has 124 valence electrons. The van der Waals surface area contributed by atoms with Crippen LogP contribution in [0.25, 0.3) is 10.9 Å². The first kappa shape index (κ1) is 16.3. The van der Waals surface area contributed by atoms with Crippen LogP contribution < -0.4 is 4.74 Å². The number of hydrogen-bond donors (Lipinski definition) is 0. The van der Waals surface area contributed by atoms with Crippen molar-refractivity contribution in [1.29, 1.82) is 0 Å². The van der Waals surface area contributed by atoms with Crippen LogP contribution in [0.15, 0.2) is 42.5 Å². The maximum atomic E-state index is 13.1. The molecule has 0 bridgehead atoms. The predicted molar refractivity (Wildman–Crippen MR) is 90.3 cm³/mol. The highest BCUT2D eigenvalue weighted by Crippen LogP contribution is 2.35. The number of aromatic nitrogens is 1. The number of halogens is 2. The monoisotopic (exact) mass is 347 g/mol. The third-order valence-corrected chi connectivity index (χ3v) is 4.05. The summed E-state index contributed by atoms with van der Waals surface area (Å²) in [5.41, 5.74) is 1.92. The van der Waals surface area contributed by atoms with Gasteiger partial charge in [0.25, 0.3) is 0 Å². The molecular formula is C18H15ClFNO3. The maximum Gasteiger partial charge on any atom is 0.358 e. The molecule has 0 unspecified atom stereocenters. The fourth-order valence-electron chi connectivity index (χ4n) is 2.74. The van der Waals surface area contributed by atoms with Crippen LogP contribution in [0.3, 0.4) is 0 Å². The fourth-order valence-corrected chi connectivity index (χ4v) is 2.91. The van der Waals surface area contributed by atoms with Crippen molar-refractivity contribution < 1.29 is 18.7 Å². The number of ether oxygens (including phenoxy) is 2. The average molecular weight is 348 g/mol. The van der Waals surface area contributed by atoms with Crippen molar-refractivity contribution in [2.24, 2.45) is 0 Å². The van der Waals surface area contributed by atoms with Gasteiger partial charge >= 0.3 is 5.97 Å². The topological polar surface area (TPSA) is 40.5 Å². The maximum absolute atomic E-state index is 13.1. The van der Waals surface area contributed by atoms with Gasteiger partial charge in [-0.25, -0.2) is 9.18 Å². The van der Waals surface area contributed by atoms with Crippen LogP contribution in [-0.4, -0.2) is 24.8 Å². The van der Waals surface area contributed by atoms with E-state index in [1.54, 1.807) is 28.8 Å². The molecule has 3 rings (SSSR count). The Morgan fingerprint density at radius 2 is 1.88 bits per heavy atom. The first-order chi connectivity index (χ1) is 11.5. The van der Waals surface area contributed by atoms with Gasteiger partial charge in [0.15, 0.2) is 11.4 Å². The summed E-state index contributed by atoms with van der Waals surface area (Å²) in [7, 11) is 2.80. The van der Waals surface area contributed by atoms with E-state index in [2.05, 4.69) is 0 Å². The largest absolute Gasteiger partial charge is 0.494 e. The van der Waals surface area contributed by atoms with E-state index in [4.69, 9.17) is 21.1 Å². The predicted octanol–water partition coefficient (Wildman–Crippen LogP) is 4.28. The smallest absolute Gasteiger partial charge is 0.358 e. The van der Waals surface area contributed by atoms with Gasteiger partial charge in [-0.15, -0.1) is 0 Å². The van der Waals surface area contributed by atoms with Gasteiger partial charge in [0.05, 0.1) is 19.7 Å². The number of hydrogen-bond acceptors (Lipinski definition) is 3. The summed E-state index contributed by atoms with van der Waals surface area (Å²) in [6.45, 7) is 0.367. The molecule has 0 fully saturated rings. The van der Waals surface area contributed by atoms with Gasteiger partial charge in [-0.1, -0.05) is 23.7 Å². The fraction of sp³-hybridized carbons (Fsp3) is 0.167. The van der Waals surface area contributed by atoms with Gasteiger partial charge in [0.2, 0.25) is 0 Å². The van der Waals surface area contributed by atoms with Crippen molar-refractivity contribution in [2.75, 3.05) is 14.2 Å². The number of nitrogens with zero attached hydrogens (tertiary/aromatic N) is 1. The number of carbonyl (C=O) groups is 1. The van der Waals surface area contributed by atoms with Crippen molar-refractivity contribution >= 4 is 28.5 Å². The lowest BCUT2D eigenvalue weighted by molar-refractivity contribution is 0.0585. The normalized spacial score (nSPS) is 10.8. The summed E-state index contributed by atoms with van der Waals surface area (Å²) in [6.07, 6.45) is 0. The highest BCUT2D eigenvalue weighted by atomic mass is 35.5. The molecule has 0 spiro atoms. The Hall–Kier alpha value is -2.53. The van der Waals surface area contributed by atoms with E-state index in [1.165, 1.54) is 26.4 Å². The van der Waals surface area contributed by atoms with Gasteiger partial charge < -0.3 is 14.0 Å². The summed E-state index contributed by atoms with van der Waals surface area (Å²) in [6, 6.07) is 11.4. The van der Waals surface area contributed by atoms with E-state index < -0.39 is 5.97 Å². The van der Waals surface area contributed by atoms with Crippen molar-refractivity contribution in [1.82, 2.24) is 4.57 Å². The number of carbonyl (C=O) groups excluding carboxylic acids is 1. The first-order valence-corrected chi connectivity index (χ1v) is 7.61. The van der Waals surface area contributed by atoms with E-state index in [0.29, 0.717) is 28.4 Å². The van der Waals surface area contributed by atoms with Crippen LogP contribution in [0.2, 0.25) is 5.02 Å². The number of methoxy groups -OCH3 is 2. The summed E-state index contributed by atoms with van der Waals surface area (Å²) < 4.78 is 25.2. The second-order valence-electron chi connectivity index (χ2n) is 5.25. The quantitative estimate of drug-likeness (QED) is 0.661. The van der Waals surface area contributed by atoms with Crippen molar-refractivity contribution in [3.8, 4) is 5.75 Å². The molecule has 3 aromatic rings. The van der Waals surface area contributed by atoms with Gasteiger partial charge in [-0.3, -0.25) is 0 Å². The Balaban J connectivity index is 2.23. The minimum atomic E-state index is -0.513. The Bertz CT molecular complexity index is 903. The van der Waals surface area contributed by atoms with E-state index in [-0.39, 0.29) is 5.82 Å². The van der Waals surface area contributed by atoms with E-state index >= 15 is 0 Å². The van der Waals surface area contributed by atoms with Crippen molar-refractivity contribution in [3.63, 3.8) is 0 Å². The van der Waals surface area contributed by atoms with Crippen LogP contribution in [0.4, 0.5) is 4.39 Å². The van der Waals surface area contributed by atoms with Gasteiger partial charge in [-0.2, -0.15) is 0 Å². The lowest BCUT2D eigenvalue weighted by atomic mass is 10.2. The van der Waals surface area contributed by atoms with Gasteiger partial charge in [0, 0.05) is 17.0 Å². The van der Waals surface area contributed by atoms with Crippen LogP contribution in [0.5, 0.6) is 5.75 Å². The zero-order valence-electron chi connectivity index (χ0n) is 13.2. The number of rotatable bonds is 4. The first-order valence-electron chi connectivity index (χ1n) is 7.23. The highest BCUT2D eigenvalue weighted by Gasteiger charge is 2.24. The molecule has 0 radical (unpaired) electrons. The molecule has 0 amide bonds. The molecule has 4 nitrogen and oxygen atoms in total. The molecule has 0 aliphatic heterocycles. The summed E-state index contributed by atoms with van der Waals surface area (Å²) in [5, 5.41) is 1.25. The third kappa shape index (κ3) is 2.83. The molecular weight excluding hydrogens is 333 g/mol. The van der Waals surface area contributed by atoms with Crippen molar-refractivity contribution in [2.45, 2.75) is 6.54 Å². The summed E-state index contributed by atoms with van der Waals surface area (Å²) in [5.74, 6) is -0.420. The van der Waals surface area contributed by atoms with Crippen molar-refractivity contribution in [3.05, 3.63) is 64.6 Å². The number of fused-ring (bicyclic) bond motifs is 1. The lowest BCUT2D eigenvalue weighted by Gasteiger charge is -2.10. The summed E-state index contributed by atoms with van der Waals surface area (Å²) in [4.78, 5) is 12.3. The zero-order chi connectivity index (χ0) is 17.3. The van der Waals surface area contributed by atoms with Crippen LogP contribution in [0.1, 0.15) is 16.1 Å². The number of benzene rings is 2. The van der Waals surface area contributed by atoms with Crippen LogP contribution in [0, 0.1) is 5.82 Å². The van der Waals surface area contributed by atoms with E-state index in [0.717, 1.165) is 11.1 Å². The molecule has 0 saturated heterocycles. The molecule has 0 aliphatic carbocycles. The Morgan fingerprint density at radius 1 is 1.17 bits per heavy atom. The Morgan fingerprint density at radius 3 is 2.50 bits per heavy atom. The third-order valence-electron chi connectivity index (χ3n) is 3.82. The highest BCUT2D eigenvalue weighted by molar-refractivity contribution is 6.31. The molecule has 1 heterocycles. The zero-order valence-corrected chi connectivity index (χ0v) is 13.9. The number of esters is 1. The standard InChI is InChI=1S/C18H15ClFNO3/c1-23-17-14-9-12(19)5-8-15(14)21(16(17)18(22)24-2)10-11-3-6-13(20)7-4-11/h3-9H,10H2,1-2H3.